The molecule has 3 rings (SSSR count). The molecule has 0 aliphatic heterocycles. The second kappa shape index (κ2) is 12.4. The van der Waals surface area contributed by atoms with Gasteiger partial charge in [-0.25, -0.2) is 8.42 Å². The van der Waals surface area contributed by atoms with Gasteiger partial charge in [-0.1, -0.05) is 59.6 Å². The van der Waals surface area contributed by atoms with Crippen molar-refractivity contribution in [3.63, 3.8) is 0 Å². The van der Waals surface area contributed by atoms with Crippen LogP contribution in [0.4, 0.5) is 5.69 Å². The van der Waals surface area contributed by atoms with E-state index in [1.54, 1.807) is 68.4 Å². The first-order chi connectivity index (χ1) is 17.6. The van der Waals surface area contributed by atoms with Crippen LogP contribution in [0.1, 0.15) is 25.0 Å². The quantitative estimate of drug-likeness (QED) is 0.375. The number of hydrogen-bond acceptors (Lipinski definition) is 4. The maximum atomic E-state index is 13.8. The Morgan fingerprint density at radius 3 is 2.16 bits per heavy atom. The summed E-state index contributed by atoms with van der Waals surface area (Å²) in [5.74, 6) is -0.970. The SMILES string of the molecule is CCNC(=O)[C@@H](C)N(Cc1c(Cl)cccc1Cl)C(=O)CN(c1cccc(C)c1)S(=O)(=O)c1ccccc1. The summed E-state index contributed by atoms with van der Waals surface area (Å²) in [5, 5.41) is 3.38. The highest BCUT2D eigenvalue weighted by molar-refractivity contribution is 7.92. The first-order valence-corrected chi connectivity index (χ1v) is 13.9. The van der Waals surface area contributed by atoms with Gasteiger partial charge in [0.1, 0.15) is 12.6 Å². The fraction of sp³-hybridized carbons (Fsp3) is 0.259. The number of carbonyl (C=O) groups excluding carboxylic acids is 2. The van der Waals surface area contributed by atoms with Crippen LogP contribution in [0.25, 0.3) is 0 Å². The Kier molecular flexibility index (Phi) is 9.59. The molecule has 0 aromatic heterocycles. The Morgan fingerprint density at radius 1 is 0.946 bits per heavy atom. The number of hydrogen-bond donors (Lipinski definition) is 1. The number of rotatable bonds is 10. The maximum Gasteiger partial charge on any atom is 0.264 e. The zero-order valence-corrected chi connectivity index (χ0v) is 23.1. The van der Waals surface area contributed by atoms with Crippen LogP contribution in [0.15, 0.2) is 77.7 Å². The van der Waals surface area contributed by atoms with Crippen molar-refractivity contribution >= 4 is 50.7 Å². The number of nitrogens with zero attached hydrogens (tertiary/aromatic N) is 2. The first kappa shape index (κ1) is 28.5. The third-order valence-corrected chi connectivity index (χ3v) is 8.30. The predicted molar refractivity (Wildman–Crippen MR) is 147 cm³/mol. The third-order valence-electron chi connectivity index (χ3n) is 5.81. The van der Waals surface area contributed by atoms with Gasteiger partial charge in [-0.15, -0.1) is 0 Å². The largest absolute Gasteiger partial charge is 0.355 e. The van der Waals surface area contributed by atoms with E-state index in [4.69, 9.17) is 23.2 Å². The molecule has 3 aromatic rings. The molecule has 3 aromatic carbocycles. The van der Waals surface area contributed by atoms with Crippen LogP contribution < -0.4 is 9.62 Å². The Balaban J connectivity index is 2.06. The van der Waals surface area contributed by atoms with E-state index in [0.29, 0.717) is 27.8 Å². The van der Waals surface area contributed by atoms with E-state index in [1.807, 2.05) is 13.0 Å². The van der Waals surface area contributed by atoms with E-state index < -0.39 is 28.5 Å². The normalized spacial score (nSPS) is 12.0. The Labute approximate surface area is 228 Å². The zero-order valence-electron chi connectivity index (χ0n) is 20.8. The third kappa shape index (κ3) is 6.83. The van der Waals surface area contributed by atoms with Crippen LogP contribution in [0.2, 0.25) is 10.0 Å². The van der Waals surface area contributed by atoms with Crippen molar-refractivity contribution in [2.75, 3.05) is 17.4 Å². The second-order valence-electron chi connectivity index (χ2n) is 8.46. The summed E-state index contributed by atoms with van der Waals surface area (Å²) in [5.41, 5.74) is 1.62. The summed E-state index contributed by atoms with van der Waals surface area (Å²) in [7, 11) is -4.11. The minimum atomic E-state index is -4.11. The van der Waals surface area contributed by atoms with E-state index in [0.717, 1.165) is 9.87 Å². The molecule has 0 fully saturated rings. The molecule has 2 amide bonds. The van der Waals surface area contributed by atoms with E-state index in [-0.39, 0.29) is 17.3 Å². The lowest BCUT2D eigenvalue weighted by Gasteiger charge is -2.32. The van der Waals surface area contributed by atoms with Crippen LogP contribution >= 0.6 is 23.2 Å². The standard InChI is InChI=1S/C27H29Cl2N3O4S/c1-4-30-27(34)20(3)31(17-23-24(28)14-9-15-25(23)29)26(33)18-32(21-11-8-10-19(2)16-21)37(35,36)22-12-6-5-7-13-22/h5-16,20H,4,17-18H2,1-3H3,(H,30,34)/t20-/m1/s1. The lowest BCUT2D eigenvalue weighted by atomic mass is 10.1. The van der Waals surface area contributed by atoms with Crippen LogP contribution in [-0.4, -0.2) is 44.3 Å². The average molecular weight is 563 g/mol. The molecule has 0 spiro atoms. The second-order valence-corrected chi connectivity index (χ2v) is 11.1. The van der Waals surface area contributed by atoms with Gasteiger partial charge in [-0.3, -0.25) is 13.9 Å². The fourth-order valence-electron chi connectivity index (χ4n) is 3.79. The summed E-state index contributed by atoms with van der Waals surface area (Å²) in [4.78, 5) is 27.9. The molecular weight excluding hydrogens is 533 g/mol. The Morgan fingerprint density at radius 2 is 1.57 bits per heavy atom. The molecule has 0 heterocycles. The molecular formula is C27H29Cl2N3O4S. The maximum absolute atomic E-state index is 13.8. The number of sulfonamides is 1. The number of benzene rings is 3. The molecule has 37 heavy (non-hydrogen) atoms. The Hall–Kier alpha value is -3.07. The van der Waals surface area contributed by atoms with E-state index in [2.05, 4.69) is 5.32 Å². The van der Waals surface area contributed by atoms with Crippen LogP contribution in [0, 0.1) is 6.92 Å². The summed E-state index contributed by atoms with van der Waals surface area (Å²) in [6.07, 6.45) is 0. The van der Waals surface area contributed by atoms with Gasteiger partial charge in [0.05, 0.1) is 10.6 Å². The highest BCUT2D eigenvalue weighted by atomic mass is 35.5. The van der Waals surface area contributed by atoms with Crippen molar-refractivity contribution in [1.82, 2.24) is 10.2 Å². The highest BCUT2D eigenvalue weighted by Crippen LogP contribution is 2.28. The van der Waals surface area contributed by atoms with Crippen molar-refractivity contribution < 1.29 is 18.0 Å². The Bertz CT molecular complexity index is 1350. The van der Waals surface area contributed by atoms with Gasteiger partial charge in [0.15, 0.2) is 0 Å². The van der Waals surface area contributed by atoms with Gasteiger partial charge in [0, 0.05) is 28.7 Å². The number of amides is 2. The topological polar surface area (TPSA) is 86.8 Å². The number of aryl methyl sites for hydroxylation is 1. The van der Waals surface area contributed by atoms with Gasteiger partial charge in [0.2, 0.25) is 11.8 Å². The van der Waals surface area contributed by atoms with E-state index >= 15 is 0 Å². The van der Waals surface area contributed by atoms with E-state index in [1.165, 1.54) is 17.0 Å². The van der Waals surface area contributed by atoms with Crippen molar-refractivity contribution in [3.8, 4) is 0 Å². The van der Waals surface area contributed by atoms with Gasteiger partial charge >= 0.3 is 0 Å². The molecule has 196 valence electrons. The van der Waals surface area contributed by atoms with Gasteiger partial charge in [0.25, 0.3) is 10.0 Å². The van der Waals surface area contributed by atoms with E-state index in [9.17, 15) is 18.0 Å². The zero-order chi connectivity index (χ0) is 27.2. The van der Waals surface area contributed by atoms with Crippen LogP contribution in [0.5, 0.6) is 0 Å². The molecule has 10 heteroatoms. The average Bonchev–Trinajstić information content (AvgIpc) is 2.87. The first-order valence-electron chi connectivity index (χ1n) is 11.7. The number of nitrogens with one attached hydrogen (secondary N) is 1. The fourth-order valence-corrected chi connectivity index (χ4v) is 5.73. The van der Waals surface area contributed by atoms with Crippen LogP contribution in [-0.2, 0) is 26.2 Å². The smallest absolute Gasteiger partial charge is 0.264 e. The minimum absolute atomic E-state index is 0.0433. The summed E-state index contributed by atoms with van der Waals surface area (Å²) in [6.45, 7) is 4.94. The van der Waals surface area contributed by atoms with Crippen molar-refractivity contribution in [2.45, 2.75) is 38.3 Å². The molecule has 1 N–H and O–H groups in total. The summed E-state index contributed by atoms with van der Waals surface area (Å²) in [6, 6.07) is 18.8. The molecule has 0 bridgehead atoms. The molecule has 0 unspecified atom stereocenters. The van der Waals surface area contributed by atoms with Gasteiger partial charge in [-0.2, -0.15) is 0 Å². The minimum Gasteiger partial charge on any atom is -0.355 e. The van der Waals surface area contributed by atoms with Crippen molar-refractivity contribution in [1.29, 1.82) is 0 Å². The molecule has 0 saturated carbocycles. The molecule has 0 saturated heterocycles. The molecule has 7 nitrogen and oxygen atoms in total. The summed E-state index contributed by atoms with van der Waals surface area (Å²) < 4.78 is 28.5. The molecule has 1 atom stereocenters. The van der Waals surface area contributed by atoms with Gasteiger partial charge < -0.3 is 10.2 Å². The van der Waals surface area contributed by atoms with Crippen LogP contribution in [0.3, 0.4) is 0 Å². The number of anilines is 1. The summed E-state index contributed by atoms with van der Waals surface area (Å²) >= 11 is 12.7. The predicted octanol–water partition coefficient (Wildman–Crippen LogP) is 5.05. The lowest BCUT2D eigenvalue weighted by molar-refractivity contribution is -0.139. The lowest BCUT2D eigenvalue weighted by Crippen LogP contribution is -2.51. The number of likely N-dealkylation sites (N-methyl/N-ethyl adjacent to an activating group) is 1. The monoisotopic (exact) mass is 561 g/mol. The van der Waals surface area contributed by atoms with Crippen molar-refractivity contribution in [2.24, 2.45) is 0 Å². The van der Waals surface area contributed by atoms with Crippen molar-refractivity contribution in [3.05, 3.63) is 94.0 Å². The van der Waals surface area contributed by atoms with Gasteiger partial charge in [-0.05, 0) is 62.7 Å². The highest BCUT2D eigenvalue weighted by Gasteiger charge is 2.33. The number of halogens is 2. The number of carbonyl (C=O) groups is 2. The molecule has 0 aliphatic rings. The molecule has 0 aliphatic carbocycles. The molecule has 0 radical (unpaired) electrons.